The van der Waals surface area contributed by atoms with Crippen molar-refractivity contribution in [2.24, 2.45) is 0 Å². The van der Waals surface area contributed by atoms with Crippen molar-refractivity contribution < 1.29 is 9.53 Å². The number of nitrogens with one attached hydrogen (secondary N) is 2. The van der Waals surface area contributed by atoms with Gasteiger partial charge in [0.2, 0.25) is 0 Å². The Kier molecular flexibility index (Phi) is 5.78. The van der Waals surface area contributed by atoms with Crippen LogP contribution in [0.1, 0.15) is 0 Å². The molecule has 0 aliphatic heterocycles. The topological polar surface area (TPSA) is 74.1 Å². The van der Waals surface area contributed by atoms with Crippen LogP contribution in [0.4, 0.5) is 11.4 Å². The van der Waals surface area contributed by atoms with Gasteiger partial charge < -0.3 is 15.4 Å². The number of methoxy groups -OCH3 is 1. The van der Waals surface area contributed by atoms with E-state index in [9.17, 15) is 4.79 Å². The molecular weight excluding hydrogens is 358 g/mol. The first-order chi connectivity index (χ1) is 11.1. The molecule has 0 saturated carbocycles. The number of amides is 1. The zero-order valence-corrected chi connectivity index (χ0v) is 13.9. The third-order valence-electron chi connectivity index (χ3n) is 2.92. The van der Waals surface area contributed by atoms with Crippen LogP contribution in [0.2, 0.25) is 0 Å². The lowest BCUT2D eigenvalue weighted by atomic mass is 10.2. The van der Waals surface area contributed by atoms with Gasteiger partial charge in [-0.2, -0.15) is 5.26 Å². The molecule has 2 N–H and O–H groups in total. The fourth-order valence-electron chi connectivity index (χ4n) is 1.75. The van der Waals surface area contributed by atoms with Gasteiger partial charge in [-0.25, -0.2) is 0 Å². The lowest BCUT2D eigenvalue weighted by Crippen LogP contribution is -2.14. The molecule has 0 aliphatic rings. The predicted octanol–water partition coefficient (Wildman–Crippen LogP) is 3.92. The van der Waals surface area contributed by atoms with Crippen molar-refractivity contribution in [3.8, 4) is 11.8 Å². The predicted molar refractivity (Wildman–Crippen MR) is 93.1 cm³/mol. The van der Waals surface area contributed by atoms with Crippen LogP contribution < -0.4 is 15.4 Å². The average molecular weight is 372 g/mol. The van der Waals surface area contributed by atoms with Crippen molar-refractivity contribution in [1.82, 2.24) is 0 Å². The number of nitriles is 1. The number of nitrogens with zero attached hydrogens (tertiary/aromatic N) is 1. The zero-order chi connectivity index (χ0) is 16.7. The molecule has 0 radical (unpaired) electrons. The van der Waals surface area contributed by atoms with E-state index in [0.717, 1.165) is 4.47 Å². The van der Waals surface area contributed by atoms with E-state index in [4.69, 9.17) is 10.00 Å². The van der Waals surface area contributed by atoms with Gasteiger partial charge in [0.15, 0.2) is 0 Å². The minimum Gasteiger partial charge on any atom is -0.497 e. The van der Waals surface area contributed by atoms with E-state index in [2.05, 4.69) is 26.6 Å². The van der Waals surface area contributed by atoms with E-state index in [1.165, 1.54) is 6.20 Å². The number of hydrogen-bond donors (Lipinski definition) is 2. The highest BCUT2D eigenvalue weighted by Crippen LogP contribution is 2.17. The van der Waals surface area contributed by atoms with Crippen molar-refractivity contribution in [3.63, 3.8) is 0 Å². The summed E-state index contributed by atoms with van der Waals surface area (Å²) >= 11 is 3.32. The fraction of sp³-hybridized carbons (Fsp3) is 0.0588. The number of benzene rings is 2. The van der Waals surface area contributed by atoms with Crippen LogP contribution in [0.3, 0.4) is 0 Å². The number of rotatable bonds is 5. The van der Waals surface area contributed by atoms with Gasteiger partial charge in [-0.1, -0.05) is 22.0 Å². The van der Waals surface area contributed by atoms with Gasteiger partial charge in [0.1, 0.15) is 17.4 Å². The number of anilines is 2. The molecule has 116 valence electrons. The molecule has 5 nitrogen and oxygen atoms in total. The first kappa shape index (κ1) is 16.6. The molecule has 0 saturated heterocycles. The van der Waals surface area contributed by atoms with Crippen molar-refractivity contribution >= 4 is 33.2 Å². The maximum absolute atomic E-state index is 12.1. The third-order valence-corrected chi connectivity index (χ3v) is 3.45. The van der Waals surface area contributed by atoms with Gasteiger partial charge in [0, 0.05) is 28.1 Å². The number of halogens is 1. The minimum absolute atomic E-state index is 0.0317. The number of carbonyl (C=O) groups excluding carboxylic acids is 1. The molecule has 23 heavy (non-hydrogen) atoms. The molecule has 1 amide bonds. The maximum atomic E-state index is 12.1. The van der Waals surface area contributed by atoms with E-state index in [1.54, 1.807) is 49.6 Å². The Morgan fingerprint density at radius 1 is 1.22 bits per heavy atom. The standard InChI is InChI=1S/C17H14BrN3O2/c1-23-16-4-2-3-15(9-16)20-11-12(10-19)17(22)21-14-7-5-13(18)6-8-14/h2-9,11,20H,1H3,(H,21,22)/b12-11-. The number of hydrogen-bond acceptors (Lipinski definition) is 4. The fourth-order valence-corrected chi connectivity index (χ4v) is 2.01. The van der Waals surface area contributed by atoms with E-state index < -0.39 is 5.91 Å². The lowest BCUT2D eigenvalue weighted by molar-refractivity contribution is -0.112. The molecule has 2 rings (SSSR count). The van der Waals surface area contributed by atoms with Gasteiger partial charge in [0.05, 0.1) is 7.11 Å². The first-order valence-corrected chi connectivity index (χ1v) is 7.49. The summed E-state index contributed by atoms with van der Waals surface area (Å²) in [6, 6.07) is 16.2. The van der Waals surface area contributed by atoms with E-state index >= 15 is 0 Å². The molecule has 0 unspecified atom stereocenters. The minimum atomic E-state index is -0.481. The van der Waals surface area contributed by atoms with E-state index in [-0.39, 0.29) is 5.57 Å². The summed E-state index contributed by atoms with van der Waals surface area (Å²) < 4.78 is 6.02. The Morgan fingerprint density at radius 2 is 1.96 bits per heavy atom. The van der Waals surface area contributed by atoms with Crippen molar-refractivity contribution in [2.45, 2.75) is 0 Å². The van der Waals surface area contributed by atoms with Crippen LogP contribution in [0.5, 0.6) is 5.75 Å². The van der Waals surface area contributed by atoms with Crippen LogP contribution in [-0.4, -0.2) is 13.0 Å². The zero-order valence-electron chi connectivity index (χ0n) is 12.3. The molecule has 0 fully saturated rings. The molecule has 0 aliphatic carbocycles. The van der Waals surface area contributed by atoms with Gasteiger partial charge >= 0.3 is 0 Å². The van der Waals surface area contributed by atoms with E-state index in [0.29, 0.717) is 17.1 Å². The normalized spacial score (nSPS) is 10.6. The second-order valence-corrected chi connectivity index (χ2v) is 5.42. The second kappa shape index (κ2) is 8.01. The quantitative estimate of drug-likeness (QED) is 0.616. The molecule has 0 spiro atoms. The Morgan fingerprint density at radius 3 is 2.61 bits per heavy atom. The molecular formula is C17H14BrN3O2. The van der Waals surface area contributed by atoms with Crippen LogP contribution >= 0.6 is 15.9 Å². The van der Waals surface area contributed by atoms with Crippen LogP contribution in [0, 0.1) is 11.3 Å². The Hall–Kier alpha value is -2.78. The molecule has 2 aromatic carbocycles. The summed E-state index contributed by atoms with van der Waals surface area (Å²) in [5.74, 6) is 0.200. The van der Waals surface area contributed by atoms with Crippen LogP contribution in [0.15, 0.2) is 64.8 Å². The Bertz CT molecular complexity index is 764. The highest BCUT2D eigenvalue weighted by atomic mass is 79.9. The third kappa shape index (κ3) is 4.87. The van der Waals surface area contributed by atoms with E-state index in [1.807, 2.05) is 12.1 Å². The first-order valence-electron chi connectivity index (χ1n) is 6.70. The Balaban J connectivity index is 2.07. The average Bonchev–Trinajstić information content (AvgIpc) is 2.57. The summed E-state index contributed by atoms with van der Waals surface area (Å²) in [7, 11) is 1.57. The van der Waals surface area contributed by atoms with Crippen molar-refractivity contribution in [1.29, 1.82) is 5.26 Å². The van der Waals surface area contributed by atoms with Gasteiger partial charge in [-0.3, -0.25) is 4.79 Å². The SMILES string of the molecule is COc1cccc(N/C=C(/C#N)C(=O)Nc2ccc(Br)cc2)c1. The highest BCUT2D eigenvalue weighted by molar-refractivity contribution is 9.10. The molecule has 0 heterocycles. The monoisotopic (exact) mass is 371 g/mol. The van der Waals surface area contributed by atoms with Gasteiger partial charge in [-0.05, 0) is 36.4 Å². The summed E-state index contributed by atoms with van der Waals surface area (Å²) in [6.07, 6.45) is 1.36. The smallest absolute Gasteiger partial charge is 0.267 e. The van der Waals surface area contributed by atoms with Gasteiger partial charge in [-0.15, -0.1) is 0 Å². The highest BCUT2D eigenvalue weighted by Gasteiger charge is 2.09. The maximum Gasteiger partial charge on any atom is 0.267 e. The number of carbonyl (C=O) groups is 1. The van der Waals surface area contributed by atoms with Gasteiger partial charge in [0.25, 0.3) is 5.91 Å². The molecule has 2 aromatic rings. The summed E-state index contributed by atoms with van der Waals surface area (Å²) in [6.45, 7) is 0. The van der Waals surface area contributed by atoms with Crippen molar-refractivity contribution in [3.05, 3.63) is 64.8 Å². The molecule has 6 heteroatoms. The summed E-state index contributed by atoms with van der Waals surface area (Å²) in [4.78, 5) is 12.1. The second-order valence-electron chi connectivity index (χ2n) is 4.51. The molecule has 0 bridgehead atoms. The lowest BCUT2D eigenvalue weighted by Gasteiger charge is -2.06. The summed E-state index contributed by atoms with van der Waals surface area (Å²) in [5, 5.41) is 14.7. The number of ether oxygens (including phenoxy) is 1. The van der Waals surface area contributed by atoms with Crippen molar-refractivity contribution in [2.75, 3.05) is 17.7 Å². The molecule has 0 atom stereocenters. The van der Waals surface area contributed by atoms with Crippen LogP contribution in [0.25, 0.3) is 0 Å². The molecule has 0 aromatic heterocycles. The summed E-state index contributed by atoms with van der Waals surface area (Å²) in [5.41, 5.74) is 1.30. The van der Waals surface area contributed by atoms with Crippen LogP contribution in [-0.2, 0) is 4.79 Å². The largest absolute Gasteiger partial charge is 0.497 e. The Labute approximate surface area is 142 Å².